The smallest absolute Gasteiger partial charge is 0.335 e. The van der Waals surface area contributed by atoms with Crippen molar-refractivity contribution in [3.05, 3.63) is 70.8 Å². The van der Waals surface area contributed by atoms with Gasteiger partial charge in [-0.2, -0.15) is 0 Å². The molecule has 2 aromatic carbocycles. The number of hydrogen-bond acceptors (Lipinski definition) is 2. The van der Waals surface area contributed by atoms with Crippen LogP contribution in [0.15, 0.2) is 48.5 Å². The molecule has 0 heterocycles. The zero-order valence-electron chi connectivity index (χ0n) is 10.3. The lowest BCUT2D eigenvalue weighted by Crippen LogP contribution is -1.96. The predicted molar refractivity (Wildman–Crippen MR) is 72.8 cm³/mol. The van der Waals surface area contributed by atoms with Crippen LogP contribution in [0, 0.1) is 11.8 Å². The summed E-state index contributed by atoms with van der Waals surface area (Å²) in [7, 11) is 0. The first-order chi connectivity index (χ1) is 9.56. The highest BCUT2D eigenvalue weighted by atomic mass is 16.4. The first kappa shape index (κ1) is 13.4. The van der Waals surface area contributed by atoms with Crippen molar-refractivity contribution in [1.82, 2.24) is 0 Å². The van der Waals surface area contributed by atoms with Crippen LogP contribution in [0.1, 0.15) is 31.8 Å². The van der Waals surface area contributed by atoms with Crippen LogP contribution in [0.3, 0.4) is 0 Å². The van der Waals surface area contributed by atoms with Gasteiger partial charge in [-0.05, 0) is 36.4 Å². The summed E-state index contributed by atoms with van der Waals surface area (Å²) >= 11 is 0. The van der Waals surface area contributed by atoms with Gasteiger partial charge in [0.25, 0.3) is 0 Å². The molecule has 2 rings (SSSR count). The molecule has 0 amide bonds. The molecule has 0 fully saturated rings. The third kappa shape index (κ3) is 3.24. The zero-order valence-corrected chi connectivity index (χ0v) is 10.3. The van der Waals surface area contributed by atoms with Crippen LogP contribution in [-0.2, 0) is 0 Å². The Morgan fingerprint density at radius 3 is 1.50 bits per heavy atom. The van der Waals surface area contributed by atoms with Gasteiger partial charge in [-0.3, -0.25) is 0 Å². The van der Waals surface area contributed by atoms with E-state index in [2.05, 4.69) is 11.8 Å². The average Bonchev–Trinajstić information content (AvgIpc) is 2.45. The average molecular weight is 266 g/mol. The molecule has 0 aliphatic carbocycles. The number of benzene rings is 2. The molecule has 0 bridgehead atoms. The fourth-order valence-electron chi connectivity index (χ4n) is 1.60. The van der Waals surface area contributed by atoms with Gasteiger partial charge in [0.2, 0.25) is 0 Å². The van der Waals surface area contributed by atoms with E-state index in [0.29, 0.717) is 11.1 Å². The lowest BCUT2D eigenvalue weighted by molar-refractivity contribution is 0.0686. The van der Waals surface area contributed by atoms with E-state index in [0.717, 1.165) is 0 Å². The van der Waals surface area contributed by atoms with E-state index < -0.39 is 11.9 Å². The molecule has 2 aromatic rings. The van der Waals surface area contributed by atoms with Gasteiger partial charge < -0.3 is 10.2 Å². The predicted octanol–water partition coefficient (Wildman–Crippen LogP) is 2.48. The maximum Gasteiger partial charge on any atom is 0.335 e. The van der Waals surface area contributed by atoms with Crippen LogP contribution in [-0.4, -0.2) is 22.2 Å². The minimum absolute atomic E-state index is 0.163. The standard InChI is InChI=1S/C16H10O4/c17-15(18)13-5-1-3-11(9-13)7-8-12-4-2-6-14(10-12)16(19)20/h1-6,9-10H,(H,17,18)(H,19,20). The number of rotatable bonds is 2. The lowest BCUT2D eigenvalue weighted by atomic mass is 10.1. The molecule has 0 spiro atoms. The topological polar surface area (TPSA) is 74.6 Å². The first-order valence-corrected chi connectivity index (χ1v) is 5.75. The Morgan fingerprint density at radius 2 is 1.15 bits per heavy atom. The number of carboxylic acid groups (broad SMARTS) is 2. The van der Waals surface area contributed by atoms with Gasteiger partial charge in [0.05, 0.1) is 11.1 Å². The maximum atomic E-state index is 10.8. The minimum Gasteiger partial charge on any atom is -0.478 e. The molecule has 0 saturated carbocycles. The van der Waals surface area contributed by atoms with Gasteiger partial charge >= 0.3 is 11.9 Å². The summed E-state index contributed by atoms with van der Waals surface area (Å²) in [5.74, 6) is 3.61. The molecule has 0 atom stereocenters. The summed E-state index contributed by atoms with van der Waals surface area (Å²) in [4.78, 5) is 21.7. The van der Waals surface area contributed by atoms with Gasteiger partial charge in [0.15, 0.2) is 0 Å². The molecule has 2 N–H and O–H groups in total. The van der Waals surface area contributed by atoms with Crippen molar-refractivity contribution in [3.8, 4) is 11.8 Å². The highest BCUT2D eigenvalue weighted by Crippen LogP contribution is 2.06. The van der Waals surface area contributed by atoms with Crippen LogP contribution < -0.4 is 0 Å². The van der Waals surface area contributed by atoms with Gasteiger partial charge in [0, 0.05) is 11.1 Å². The summed E-state index contributed by atoms with van der Waals surface area (Å²) in [6, 6.07) is 12.5. The molecule has 0 aromatic heterocycles. The Hall–Kier alpha value is -3.06. The molecule has 4 nitrogen and oxygen atoms in total. The molecule has 0 aliphatic heterocycles. The molecule has 4 heteroatoms. The van der Waals surface area contributed by atoms with E-state index in [-0.39, 0.29) is 11.1 Å². The quantitative estimate of drug-likeness (QED) is 0.819. The number of aromatic carboxylic acids is 2. The SMILES string of the molecule is O=C(O)c1cccc(C#Cc2cccc(C(=O)O)c2)c1. The monoisotopic (exact) mass is 266 g/mol. The number of carbonyl (C=O) groups is 2. The largest absolute Gasteiger partial charge is 0.478 e. The van der Waals surface area contributed by atoms with E-state index in [4.69, 9.17) is 10.2 Å². The first-order valence-electron chi connectivity index (χ1n) is 5.75. The molecular weight excluding hydrogens is 256 g/mol. The molecule has 0 radical (unpaired) electrons. The maximum absolute atomic E-state index is 10.8. The van der Waals surface area contributed by atoms with E-state index >= 15 is 0 Å². The summed E-state index contributed by atoms with van der Waals surface area (Å²) in [6.07, 6.45) is 0. The van der Waals surface area contributed by atoms with Crippen molar-refractivity contribution < 1.29 is 19.8 Å². The Balaban J connectivity index is 2.31. The van der Waals surface area contributed by atoms with Crippen molar-refractivity contribution in [2.75, 3.05) is 0 Å². The van der Waals surface area contributed by atoms with Crippen molar-refractivity contribution >= 4 is 11.9 Å². The normalized spacial score (nSPS) is 9.40. The van der Waals surface area contributed by atoms with E-state index in [9.17, 15) is 9.59 Å². The summed E-state index contributed by atoms with van der Waals surface area (Å²) in [6.45, 7) is 0. The number of hydrogen-bond donors (Lipinski definition) is 2. The summed E-state index contributed by atoms with van der Waals surface area (Å²) in [5, 5.41) is 17.8. The van der Waals surface area contributed by atoms with Gasteiger partial charge in [0.1, 0.15) is 0 Å². The fourth-order valence-corrected chi connectivity index (χ4v) is 1.60. The van der Waals surface area contributed by atoms with Crippen LogP contribution in [0.2, 0.25) is 0 Å². The molecule has 0 unspecified atom stereocenters. The van der Waals surface area contributed by atoms with Crippen LogP contribution in [0.25, 0.3) is 0 Å². The Bertz CT molecular complexity index is 674. The Morgan fingerprint density at radius 1 is 0.750 bits per heavy atom. The van der Waals surface area contributed by atoms with Crippen molar-refractivity contribution in [1.29, 1.82) is 0 Å². The Kier molecular flexibility index (Phi) is 3.82. The Labute approximate surface area is 115 Å². The van der Waals surface area contributed by atoms with E-state index in [1.54, 1.807) is 24.3 Å². The van der Waals surface area contributed by atoms with Gasteiger partial charge in [-0.15, -0.1) is 0 Å². The van der Waals surface area contributed by atoms with Crippen LogP contribution in [0.5, 0.6) is 0 Å². The van der Waals surface area contributed by atoms with Gasteiger partial charge in [-0.1, -0.05) is 24.0 Å². The van der Waals surface area contributed by atoms with Crippen LogP contribution in [0.4, 0.5) is 0 Å². The summed E-state index contributed by atoms with van der Waals surface area (Å²) in [5.41, 5.74) is 1.45. The van der Waals surface area contributed by atoms with Crippen LogP contribution >= 0.6 is 0 Å². The van der Waals surface area contributed by atoms with E-state index in [1.807, 2.05) is 0 Å². The second-order valence-electron chi connectivity index (χ2n) is 4.02. The highest BCUT2D eigenvalue weighted by molar-refractivity contribution is 5.88. The molecule has 0 saturated heterocycles. The molecule has 98 valence electrons. The molecule has 0 aliphatic rings. The van der Waals surface area contributed by atoms with Gasteiger partial charge in [-0.25, -0.2) is 9.59 Å². The lowest BCUT2D eigenvalue weighted by Gasteiger charge is -1.96. The zero-order chi connectivity index (χ0) is 14.5. The van der Waals surface area contributed by atoms with Crippen molar-refractivity contribution in [2.45, 2.75) is 0 Å². The van der Waals surface area contributed by atoms with Crippen molar-refractivity contribution in [3.63, 3.8) is 0 Å². The number of carboxylic acids is 2. The second-order valence-corrected chi connectivity index (χ2v) is 4.02. The molecular formula is C16H10O4. The van der Waals surface area contributed by atoms with Crippen molar-refractivity contribution in [2.24, 2.45) is 0 Å². The highest BCUT2D eigenvalue weighted by Gasteiger charge is 2.02. The fraction of sp³-hybridized carbons (Fsp3) is 0. The minimum atomic E-state index is -1.01. The summed E-state index contributed by atoms with van der Waals surface area (Å²) < 4.78 is 0. The third-order valence-electron chi connectivity index (χ3n) is 2.57. The second kappa shape index (κ2) is 5.72. The third-order valence-corrected chi connectivity index (χ3v) is 2.57. The van der Waals surface area contributed by atoms with E-state index in [1.165, 1.54) is 24.3 Å². The molecule has 20 heavy (non-hydrogen) atoms.